The second-order valence-corrected chi connectivity index (χ2v) is 9.86. The zero-order valence-corrected chi connectivity index (χ0v) is 19.7. The Hall–Kier alpha value is -3.17. The molecule has 0 bridgehead atoms. The van der Waals surface area contributed by atoms with E-state index in [9.17, 15) is 4.79 Å². The van der Waals surface area contributed by atoms with E-state index in [2.05, 4.69) is 94.9 Å². The van der Waals surface area contributed by atoms with Gasteiger partial charge < -0.3 is 5.01 Å². The second-order valence-electron chi connectivity index (χ2n) is 9.86. The highest BCUT2D eigenvalue weighted by atomic mass is 16.1. The van der Waals surface area contributed by atoms with Crippen LogP contribution in [0.1, 0.15) is 56.6 Å². The SMILES string of the molecule is O=C1CCC(N(c2cccc3ccccc23)N2CCCCC2c2cccc3ccccc23)CC1. The molecular formula is C31H32N2O. The molecule has 1 aliphatic heterocycles. The number of hydrogen-bond acceptors (Lipinski definition) is 3. The Balaban J connectivity index is 1.50. The van der Waals surface area contributed by atoms with Crippen LogP contribution in [-0.2, 0) is 4.79 Å². The van der Waals surface area contributed by atoms with Crippen molar-refractivity contribution in [2.75, 3.05) is 11.6 Å². The fraction of sp³-hybridized carbons (Fsp3) is 0.323. The molecule has 4 aromatic rings. The van der Waals surface area contributed by atoms with Crippen molar-refractivity contribution in [1.82, 2.24) is 5.01 Å². The molecule has 1 saturated carbocycles. The van der Waals surface area contributed by atoms with Gasteiger partial charge in [0.25, 0.3) is 0 Å². The zero-order valence-electron chi connectivity index (χ0n) is 19.7. The van der Waals surface area contributed by atoms with Gasteiger partial charge in [0.05, 0.1) is 11.7 Å². The fourth-order valence-corrected chi connectivity index (χ4v) is 6.15. The third-order valence-corrected chi connectivity index (χ3v) is 7.81. The van der Waals surface area contributed by atoms with Crippen molar-refractivity contribution in [3.8, 4) is 0 Å². The van der Waals surface area contributed by atoms with E-state index in [0.717, 1.165) is 25.8 Å². The number of hydrogen-bond donors (Lipinski definition) is 0. The number of rotatable bonds is 4. The maximum atomic E-state index is 12.2. The highest BCUT2D eigenvalue weighted by Gasteiger charge is 2.35. The summed E-state index contributed by atoms with van der Waals surface area (Å²) in [6, 6.07) is 31.6. The molecule has 3 heteroatoms. The standard InChI is InChI=1S/C31H32N2O/c34-26-20-18-25(19-21-26)33(31-17-8-12-24-10-2-4-14-28(24)31)32-22-6-5-16-30(32)29-15-7-11-23-9-1-3-13-27(23)29/h1-4,7-15,17,25,30H,5-6,16,18-22H2. The first kappa shape index (κ1) is 21.4. The lowest BCUT2D eigenvalue weighted by atomic mass is 9.90. The van der Waals surface area contributed by atoms with Crippen molar-refractivity contribution < 1.29 is 4.79 Å². The number of piperidine rings is 1. The minimum Gasteiger partial charge on any atom is -0.302 e. The van der Waals surface area contributed by atoms with E-state index in [1.165, 1.54) is 45.6 Å². The lowest BCUT2D eigenvalue weighted by Gasteiger charge is -2.49. The van der Waals surface area contributed by atoms with Crippen LogP contribution in [0.4, 0.5) is 5.69 Å². The summed E-state index contributed by atoms with van der Waals surface area (Å²) in [5.74, 6) is 0.415. The van der Waals surface area contributed by atoms with Crippen LogP contribution in [0.15, 0.2) is 84.9 Å². The third kappa shape index (κ3) is 3.88. The largest absolute Gasteiger partial charge is 0.302 e. The Labute approximate surface area is 202 Å². The molecule has 1 heterocycles. The predicted octanol–water partition coefficient (Wildman–Crippen LogP) is 7.45. The van der Waals surface area contributed by atoms with Crippen molar-refractivity contribution in [3.63, 3.8) is 0 Å². The average Bonchev–Trinajstić information content (AvgIpc) is 2.90. The second kappa shape index (κ2) is 9.23. The lowest BCUT2D eigenvalue weighted by molar-refractivity contribution is -0.120. The first-order valence-electron chi connectivity index (χ1n) is 12.8. The molecule has 172 valence electrons. The summed E-state index contributed by atoms with van der Waals surface area (Å²) >= 11 is 0. The summed E-state index contributed by atoms with van der Waals surface area (Å²) in [6.07, 6.45) is 6.85. The molecule has 2 aliphatic rings. The predicted molar refractivity (Wildman–Crippen MR) is 141 cm³/mol. The highest BCUT2D eigenvalue weighted by Crippen LogP contribution is 2.41. The normalized spacial score (nSPS) is 20.1. The van der Waals surface area contributed by atoms with Gasteiger partial charge >= 0.3 is 0 Å². The van der Waals surface area contributed by atoms with E-state index >= 15 is 0 Å². The highest BCUT2D eigenvalue weighted by molar-refractivity contribution is 5.94. The number of hydrazine groups is 1. The number of nitrogens with zero attached hydrogens (tertiary/aromatic N) is 2. The Morgan fingerprint density at radius 2 is 1.32 bits per heavy atom. The van der Waals surface area contributed by atoms with Gasteiger partial charge in [0, 0.05) is 30.8 Å². The summed E-state index contributed by atoms with van der Waals surface area (Å²) < 4.78 is 0. The van der Waals surface area contributed by atoms with E-state index < -0.39 is 0 Å². The van der Waals surface area contributed by atoms with Crippen molar-refractivity contribution in [3.05, 3.63) is 90.5 Å². The van der Waals surface area contributed by atoms with E-state index in [4.69, 9.17) is 0 Å². The Morgan fingerprint density at radius 1 is 0.676 bits per heavy atom. The van der Waals surface area contributed by atoms with Crippen LogP contribution in [0.2, 0.25) is 0 Å². The van der Waals surface area contributed by atoms with Crippen molar-refractivity contribution in [2.24, 2.45) is 0 Å². The maximum Gasteiger partial charge on any atom is 0.133 e. The van der Waals surface area contributed by atoms with Gasteiger partial charge in [0.1, 0.15) is 5.78 Å². The Bertz CT molecular complexity index is 1310. The first-order chi connectivity index (χ1) is 16.8. The summed E-state index contributed by atoms with van der Waals surface area (Å²) in [4.78, 5) is 12.2. The van der Waals surface area contributed by atoms with Gasteiger partial charge in [-0.3, -0.25) is 4.79 Å². The van der Waals surface area contributed by atoms with Crippen LogP contribution in [0.25, 0.3) is 21.5 Å². The van der Waals surface area contributed by atoms with E-state index in [1.54, 1.807) is 0 Å². The molecule has 0 radical (unpaired) electrons. The summed E-state index contributed by atoms with van der Waals surface area (Å²) in [7, 11) is 0. The molecule has 1 aliphatic carbocycles. The summed E-state index contributed by atoms with van der Waals surface area (Å²) in [5.41, 5.74) is 2.71. The first-order valence-corrected chi connectivity index (χ1v) is 12.8. The third-order valence-electron chi connectivity index (χ3n) is 7.81. The molecular weight excluding hydrogens is 416 g/mol. The van der Waals surface area contributed by atoms with E-state index in [1.807, 2.05) is 0 Å². The summed E-state index contributed by atoms with van der Waals surface area (Å²) in [5, 5.41) is 10.5. The van der Waals surface area contributed by atoms with Crippen LogP contribution in [0, 0.1) is 0 Å². The topological polar surface area (TPSA) is 23.6 Å². The van der Waals surface area contributed by atoms with Gasteiger partial charge in [-0.25, -0.2) is 5.01 Å². The van der Waals surface area contributed by atoms with Gasteiger partial charge in [-0.2, -0.15) is 0 Å². The number of Topliss-reactive ketones (excluding diaryl/α,β-unsaturated/α-hetero) is 1. The number of carbonyl (C=O) groups excluding carboxylic acids is 1. The molecule has 6 rings (SSSR count). The van der Waals surface area contributed by atoms with Crippen LogP contribution in [-0.4, -0.2) is 23.4 Å². The van der Waals surface area contributed by atoms with Crippen LogP contribution in [0.3, 0.4) is 0 Å². The summed E-state index contributed by atoms with van der Waals surface area (Å²) in [6.45, 7) is 1.04. The average molecular weight is 449 g/mol. The number of anilines is 1. The fourth-order valence-electron chi connectivity index (χ4n) is 6.15. The lowest BCUT2D eigenvalue weighted by Crippen LogP contribution is -2.53. The van der Waals surface area contributed by atoms with Crippen LogP contribution >= 0.6 is 0 Å². The van der Waals surface area contributed by atoms with Crippen LogP contribution < -0.4 is 5.01 Å². The minimum absolute atomic E-state index is 0.330. The molecule has 4 aromatic carbocycles. The number of ketones is 1. The Kier molecular flexibility index (Phi) is 5.80. The molecule has 34 heavy (non-hydrogen) atoms. The molecule has 0 amide bonds. The van der Waals surface area contributed by atoms with Crippen molar-refractivity contribution in [2.45, 2.75) is 57.0 Å². The van der Waals surface area contributed by atoms with Gasteiger partial charge in [0.15, 0.2) is 0 Å². The minimum atomic E-state index is 0.330. The molecule has 0 aromatic heterocycles. The van der Waals surface area contributed by atoms with E-state index in [0.29, 0.717) is 30.7 Å². The van der Waals surface area contributed by atoms with Crippen molar-refractivity contribution in [1.29, 1.82) is 0 Å². The molecule has 1 unspecified atom stereocenters. The molecule has 0 N–H and O–H groups in total. The zero-order chi connectivity index (χ0) is 22.9. The quantitative estimate of drug-likeness (QED) is 0.324. The van der Waals surface area contributed by atoms with Gasteiger partial charge in [-0.15, -0.1) is 0 Å². The molecule has 3 nitrogen and oxygen atoms in total. The van der Waals surface area contributed by atoms with Crippen molar-refractivity contribution >= 4 is 33.0 Å². The Morgan fingerprint density at radius 3 is 2.12 bits per heavy atom. The molecule has 0 spiro atoms. The van der Waals surface area contributed by atoms with E-state index in [-0.39, 0.29) is 0 Å². The van der Waals surface area contributed by atoms with Gasteiger partial charge in [0.2, 0.25) is 0 Å². The number of fused-ring (bicyclic) bond motifs is 2. The van der Waals surface area contributed by atoms with Gasteiger partial charge in [-0.1, -0.05) is 85.3 Å². The monoisotopic (exact) mass is 448 g/mol. The molecule has 2 fully saturated rings. The molecule has 1 saturated heterocycles. The van der Waals surface area contributed by atoms with Crippen LogP contribution in [0.5, 0.6) is 0 Å². The maximum absolute atomic E-state index is 12.2. The van der Waals surface area contributed by atoms with Gasteiger partial charge in [-0.05, 0) is 53.5 Å². The number of benzene rings is 4. The molecule has 1 atom stereocenters. The smallest absolute Gasteiger partial charge is 0.133 e. The number of carbonyl (C=O) groups is 1.